The van der Waals surface area contributed by atoms with E-state index in [9.17, 15) is 9.59 Å². The Balaban J connectivity index is 1.13. The van der Waals surface area contributed by atoms with Gasteiger partial charge in [-0.05, 0) is 83.9 Å². The fourth-order valence-corrected chi connectivity index (χ4v) is 8.13. The predicted molar refractivity (Wildman–Crippen MR) is 161 cm³/mol. The van der Waals surface area contributed by atoms with Gasteiger partial charge in [0.15, 0.2) is 15.6 Å². The molecule has 2 aromatic heterocycles. The summed E-state index contributed by atoms with van der Waals surface area (Å²) >= 11 is 2.19. The number of aromatic nitrogens is 4. The predicted octanol–water partition coefficient (Wildman–Crippen LogP) is 4.96. The molecule has 0 radical (unpaired) electrons. The molecular formula is C31H28FIN6O3. The number of hydrogen-bond donors (Lipinski definition) is 0. The average Bonchev–Trinajstić information content (AvgIpc) is 3.44. The van der Waals surface area contributed by atoms with E-state index >= 15 is 4.39 Å². The Morgan fingerprint density at radius 2 is 1.76 bits per heavy atom. The number of anilines is 1. The molecule has 3 fully saturated rings. The maximum atomic E-state index is 15.5. The van der Waals surface area contributed by atoms with E-state index < -0.39 is 5.41 Å². The maximum absolute atomic E-state index is 15.5. The van der Waals surface area contributed by atoms with Crippen LogP contribution < -0.4 is 4.90 Å². The van der Waals surface area contributed by atoms with Gasteiger partial charge in [-0.1, -0.05) is 30.3 Å². The number of ether oxygens (including phenoxy) is 1. The molecule has 214 valence electrons. The molecule has 42 heavy (non-hydrogen) atoms. The van der Waals surface area contributed by atoms with Gasteiger partial charge in [0.25, 0.3) is 11.8 Å². The number of fused-ring (bicyclic) bond motifs is 3. The molecule has 4 atom stereocenters. The first-order valence-electron chi connectivity index (χ1n) is 14.4. The first kappa shape index (κ1) is 26.2. The molecule has 1 unspecified atom stereocenters. The molecule has 0 N–H and O–H groups in total. The van der Waals surface area contributed by atoms with E-state index in [4.69, 9.17) is 19.8 Å². The van der Waals surface area contributed by atoms with Crippen LogP contribution in [0.2, 0.25) is 0 Å². The lowest BCUT2D eigenvalue weighted by Crippen LogP contribution is -2.39. The first-order chi connectivity index (χ1) is 20.5. The smallest absolute Gasteiger partial charge is 0.261 e. The molecule has 2 amide bonds. The van der Waals surface area contributed by atoms with E-state index in [1.807, 2.05) is 16.8 Å². The number of piperidine rings is 1. The summed E-state index contributed by atoms with van der Waals surface area (Å²) < 4.78 is 24.1. The topological polar surface area (TPSA) is 93.5 Å². The number of nitrogens with zero attached hydrogens (tertiary/aromatic N) is 6. The Hall–Kier alpha value is -3.45. The summed E-state index contributed by atoms with van der Waals surface area (Å²) in [5.74, 6) is -0.0103. The Labute approximate surface area is 255 Å². The van der Waals surface area contributed by atoms with Crippen LogP contribution in [0.25, 0.3) is 11.2 Å². The van der Waals surface area contributed by atoms with Gasteiger partial charge in [-0.15, -0.1) is 0 Å². The van der Waals surface area contributed by atoms with Crippen LogP contribution in [-0.4, -0.2) is 62.7 Å². The molecule has 2 aromatic carbocycles. The van der Waals surface area contributed by atoms with E-state index in [-0.39, 0.29) is 42.2 Å². The van der Waals surface area contributed by atoms with E-state index in [1.54, 1.807) is 36.5 Å². The minimum absolute atomic E-state index is 0.0386. The lowest BCUT2D eigenvalue weighted by molar-refractivity contribution is -0.0372. The van der Waals surface area contributed by atoms with Crippen molar-refractivity contribution < 1.29 is 18.7 Å². The lowest BCUT2D eigenvalue weighted by Gasteiger charge is -2.28. The molecular weight excluding hydrogens is 650 g/mol. The molecule has 3 aliphatic heterocycles. The normalized spacial score (nSPS) is 27.0. The number of imide groups is 1. The summed E-state index contributed by atoms with van der Waals surface area (Å²) in [7, 11) is 0. The van der Waals surface area contributed by atoms with Crippen molar-refractivity contribution in [2.24, 2.45) is 11.8 Å². The molecule has 8 rings (SSSR count). The summed E-state index contributed by atoms with van der Waals surface area (Å²) in [6.45, 7) is 2.19. The van der Waals surface area contributed by atoms with Gasteiger partial charge in [0.05, 0.1) is 17.3 Å². The second-order valence-electron chi connectivity index (χ2n) is 11.7. The number of amides is 2. The fraction of sp³-hybridized carbons (Fsp3) is 0.387. The van der Waals surface area contributed by atoms with E-state index in [1.165, 1.54) is 11.0 Å². The van der Waals surface area contributed by atoms with Gasteiger partial charge < -0.3 is 9.64 Å². The molecule has 2 saturated heterocycles. The largest absolute Gasteiger partial charge is 0.356 e. The van der Waals surface area contributed by atoms with Crippen molar-refractivity contribution in [1.82, 2.24) is 24.6 Å². The van der Waals surface area contributed by atoms with Gasteiger partial charge in [-0.3, -0.25) is 14.5 Å². The highest BCUT2D eigenvalue weighted by Gasteiger charge is 2.68. The van der Waals surface area contributed by atoms with Crippen molar-refractivity contribution in [2.45, 2.75) is 37.3 Å². The number of hydrogen-bond acceptors (Lipinski definition) is 7. The third kappa shape index (κ3) is 3.85. The van der Waals surface area contributed by atoms with Crippen LogP contribution in [0.1, 0.15) is 58.2 Å². The highest BCUT2D eigenvalue weighted by molar-refractivity contribution is 14.1. The fourth-order valence-electron chi connectivity index (χ4n) is 7.52. The zero-order valence-electron chi connectivity index (χ0n) is 22.7. The van der Waals surface area contributed by atoms with Crippen molar-refractivity contribution in [2.75, 3.05) is 31.1 Å². The molecule has 4 aromatic rings. The lowest BCUT2D eigenvalue weighted by atomic mass is 9.89. The van der Waals surface area contributed by atoms with Crippen LogP contribution in [0.4, 0.5) is 10.2 Å². The van der Waals surface area contributed by atoms with Crippen molar-refractivity contribution in [3.05, 3.63) is 80.9 Å². The Kier molecular flexibility index (Phi) is 6.11. The highest BCUT2D eigenvalue weighted by Crippen LogP contribution is 2.64. The second-order valence-corrected chi connectivity index (χ2v) is 12.7. The number of carbonyl (C=O) groups excluding carboxylic acids is 2. The van der Waals surface area contributed by atoms with Gasteiger partial charge >= 0.3 is 0 Å². The average molecular weight is 679 g/mol. The zero-order valence-corrected chi connectivity index (χ0v) is 24.9. The quantitative estimate of drug-likeness (QED) is 0.218. The van der Waals surface area contributed by atoms with Crippen LogP contribution in [0.15, 0.2) is 54.7 Å². The maximum Gasteiger partial charge on any atom is 0.261 e. The van der Waals surface area contributed by atoms with Crippen LogP contribution >= 0.6 is 22.6 Å². The second kappa shape index (κ2) is 9.80. The molecule has 5 heterocycles. The summed E-state index contributed by atoms with van der Waals surface area (Å²) in [5, 5.41) is 4.71. The third-order valence-corrected chi connectivity index (χ3v) is 10.3. The van der Waals surface area contributed by atoms with Crippen LogP contribution in [0, 0.1) is 21.4 Å². The number of carbonyl (C=O) groups is 2. The van der Waals surface area contributed by atoms with Crippen molar-refractivity contribution in [3.8, 4) is 0 Å². The van der Waals surface area contributed by atoms with E-state index in [2.05, 4.69) is 27.5 Å². The monoisotopic (exact) mass is 678 g/mol. The Morgan fingerprint density at radius 3 is 2.50 bits per heavy atom. The molecule has 9 nitrogen and oxygen atoms in total. The van der Waals surface area contributed by atoms with Gasteiger partial charge in [0.2, 0.25) is 0 Å². The minimum atomic E-state index is -0.669. The van der Waals surface area contributed by atoms with Crippen molar-refractivity contribution in [1.29, 1.82) is 0 Å². The summed E-state index contributed by atoms with van der Waals surface area (Å²) in [6.07, 6.45) is 5.42. The van der Waals surface area contributed by atoms with Crippen LogP contribution in [0.3, 0.4) is 0 Å². The molecule has 4 aliphatic rings. The molecule has 0 bridgehead atoms. The molecule has 0 spiro atoms. The van der Waals surface area contributed by atoms with Gasteiger partial charge in [-0.2, -0.15) is 5.10 Å². The molecule has 1 aliphatic carbocycles. The highest BCUT2D eigenvalue weighted by atomic mass is 127. The van der Waals surface area contributed by atoms with Crippen LogP contribution in [-0.2, 0) is 10.2 Å². The van der Waals surface area contributed by atoms with Crippen molar-refractivity contribution >= 4 is 51.4 Å². The van der Waals surface area contributed by atoms with Crippen LogP contribution in [0.5, 0.6) is 0 Å². The van der Waals surface area contributed by atoms with Gasteiger partial charge in [-0.25, -0.2) is 19.0 Å². The zero-order chi connectivity index (χ0) is 28.6. The summed E-state index contributed by atoms with van der Waals surface area (Å²) in [4.78, 5) is 40.0. The van der Waals surface area contributed by atoms with E-state index in [0.717, 1.165) is 40.7 Å². The molecule has 1 saturated carbocycles. The standard InChI is InChI=1S/C31H28FIN6O3/c32-23-10-4-3-9-21(23)31(17-38-29(40)18-7-1-2-8-19(18)30(38)41)20-12-13-37(16-22(20)31)24-15-34-26-27(33)36-39(28(26)35-24)25-11-5-6-14-42-25/h1-4,7-10,15,20,22,25H,5-6,11-14,16-17H2/t20-,22+,25?,31-/m1/s1. The van der Waals surface area contributed by atoms with Gasteiger partial charge in [0, 0.05) is 31.7 Å². The Morgan fingerprint density at radius 1 is 1.00 bits per heavy atom. The van der Waals surface area contributed by atoms with E-state index in [0.29, 0.717) is 42.0 Å². The summed E-state index contributed by atoms with van der Waals surface area (Å²) in [6, 6.07) is 13.7. The summed E-state index contributed by atoms with van der Waals surface area (Å²) in [5.41, 5.74) is 2.18. The number of halogens is 2. The first-order valence-corrected chi connectivity index (χ1v) is 15.5. The van der Waals surface area contributed by atoms with Crippen molar-refractivity contribution in [3.63, 3.8) is 0 Å². The minimum Gasteiger partial charge on any atom is -0.356 e. The molecule has 11 heteroatoms. The number of benzene rings is 2. The number of rotatable bonds is 5. The SMILES string of the molecule is O=C1c2ccccc2C(=O)N1C[C@]1(c2ccccc2F)[C@@H]2CCN(c3cnc4c(I)nn(C5CCCCO5)c4n3)C[C@@H]21. The Bertz CT molecular complexity index is 1720. The van der Waals surface area contributed by atoms with Gasteiger partial charge in [0.1, 0.15) is 17.2 Å². The third-order valence-electron chi connectivity index (χ3n) is 9.60.